The third-order valence-corrected chi connectivity index (χ3v) is 6.55. The lowest BCUT2D eigenvalue weighted by molar-refractivity contribution is -0.0129. The second-order valence-electron chi connectivity index (χ2n) is 7.68. The van der Waals surface area contributed by atoms with Gasteiger partial charge in [0.2, 0.25) is 0 Å². The molecule has 30 heavy (non-hydrogen) atoms. The van der Waals surface area contributed by atoms with Crippen LogP contribution in [0.25, 0.3) is 0 Å². The van der Waals surface area contributed by atoms with E-state index >= 15 is 0 Å². The smallest absolute Gasteiger partial charge is 0.322 e. The minimum atomic E-state index is -0.0996. The number of rotatable bonds is 4. The molecule has 0 bridgehead atoms. The SMILES string of the molecule is COc1ccc(NC(=O)N2CC=CCN3C(CN)C(c4ccc(Br)cc4)C3C2)cc1. The maximum Gasteiger partial charge on any atom is 0.322 e. The minimum Gasteiger partial charge on any atom is -0.497 e. The van der Waals surface area contributed by atoms with Gasteiger partial charge in [-0.05, 0) is 42.0 Å². The number of methoxy groups -OCH3 is 1. The number of ether oxygens (including phenoxy) is 1. The van der Waals surface area contributed by atoms with Crippen molar-refractivity contribution in [3.63, 3.8) is 0 Å². The van der Waals surface area contributed by atoms with Gasteiger partial charge in [-0.3, -0.25) is 4.90 Å². The van der Waals surface area contributed by atoms with Gasteiger partial charge in [0.15, 0.2) is 0 Å². The second kappa shape index (κ2) is 9.20. The van der Waals surface area contributed by atoms with Crippen molar-refractivity contribution >= 4 is 27.6 Å². The number of halogens is 1. The van der Waals surface area contributed by atoms with Crippen molar-refractivity contribution in [3.05, 3.63) is 70.7 Å². The maximum absolute atomic E-state index is 13.0. The van der Waals surface area contributed by atoms with Crippen LogP contribution in [0.1, 0.15) is 11.5 Å². The van der Waals surface area contributed by atoms with Gasteiger partial charge in [-0.15, -0.1) is 0 Å². The van der Waals surface area contributed by atoms with Crippen molar-refractivity contribution < 1.29 is 9.53 Å². The van der Waals surface area contributed by atoms with Crippen LogP contribution in [0.3, 0.4) is 0 Å². The van der Waals surface area contributed by atoms with Gasteiger partial charge in [0.05, 0.1) is 7.11 Å². The fourth-order valence-electron chi connectivity index (χ4n) is 4.46. The number of carbonyl (C=O) groups is 1. The number of hydrogen-bond acceptors (Lipinski definition) is 4. The number of benzene rings is 2. The molecule has 2 aliphatic rings. The van der Waals surface area contributed by atoms with E-state index in [-0.39, 0.29) is 18.1 Å². The molecule has 2 amide bonds. The summed E-state index contributed by atoms with van der Waals surface area (Å²) in [6, 6.07) is 16.3. The van der Waals surface area contributed by atoms with E-state index in [0.29, 0.717) is 25.6 Å². The molecule has 158 valence electrons. The van der Waals surface area contributed by atoms with E-state index in [1.165, 1.54) is 5.56 Å². The highest BCUT2D eigenvalue weighted by molar-refractivity contribution is 9.10. The van der Waals surface area contributed by atoms with E-state index in [1.54, 1.807) is 7.11 Å². The Morgan fingerprint density at radius 1 is 1.13 bits per heavy atom. The van der Waals surface area contributed by atoms with E-state index in [1.807, 2.05) is 29.2 Å². The summed E-state index contributed by atoms with van der Waals surface area (Å²) < 4.78 is 6.25. The van der Waals surface area contributed by atoms with Crippen molar-refractivity contribution in [2.24, 2.45) is 5.73 Å². The summed E-state index contributed by atoms with van der Waals surface area (Å²) in [4.78, 5) is 17.3. The maximum atomic E-state index is 13.0. The molecule has 2 aliphatic heterocycles. The Labute approximate surface area is 185 Å². The molecule has 2 heterocycles. The van der Waals surface area contributed by atoms with Gasteiger partial charge in [-0.1, -0.05) is 40.2 Å². The Bertz CT molecular complexity index is 900. The summed E-state index contributed by atoms with van der Waals surface area (Å²) in [6.07, 6.45) is 4.20. The van der Waals surface area contributed by atoms with Gasteiger partial charge >= 0.3 is 6.03 Å². The molecular formula is C23H27BrN4O2. The number of nitrogens with two attached hydrogens (primary N) is 1. The van der Waals surface area contributed by atoms with Gasteiger partial charge in [-0.25, -0.2) is 4.79 Å². The predicted octanol–water partition coefficient (Wildman–Crippen LogP) is 3.66. The molecule has 7 heteroatoms. The average Bonchev–Trinajstić information content (AvgIpc) is 2.74. The normalized spacial score (nSPS) is 23.7. The van der Waals surface area contributed by atoms with Crippen molar-refractivity contribution in [2.45, 2.75) is 18.0 Å². The monoisotopic (exact) mass is 470 g/mol. The number of nitrogens with one attached hydrogen (secondary N) is 1. The second-order valence-corrected chi connectivity index (χ2v) is 8.60. The summed E-state index contributed by atoms with van der Waals surface area (Å²) in [5, 5.41) is 3.01. The molecule has 3 N–H and O–H groups in total. The average molecular weight is 471 g/mol. The molecular weight excluding hydrogens is 444 g/mol. The van der Waals surface area contributed by atoms with Gasteiger partial charge in [0.25, 0.3) is 0 Å². The number of urea groups is 1. The van der Waals surface area contributed by atoms with Crippen LogP contribution in [0.5, 0.6) is 5.75 Å². The van der Waals surface area contributed by atoms with E-state index in [9.17, 15) is 4.79 Å². The Hall–Kier alpha value is -2.35. The van der Waals surface area contributed by atoms with Gasteiger partial charge < -0.3 is 20.7 Å². The van der Waals surface area contributed by atoms with E-state index in [0.717, 1.165) is 22.5 Å². The molecule has 0 aromatic heterocycles. The highest BCUT2D eigenvalue weighted by Gasteiger charge is 2.48. The van der Waals surface area contributed by atoms with Crippen molar-refractivity contribution in [3.8, 4) is 5.75 Å². The van der Waals surface area contributed by atoms with Crippen molar-refractivity contribution in [1.29, 1.82) is 0 Å². The van der Waals surface area contributed by atoms with Crippen LogP contribution < -0.4 is 15.8 Å². The van der Waals surface area contributed by atoms with Crippen molar-refractivity contribution in [2.75, 3.05) is 38.6 Å². The number of carbonyl (C=O) groups excluding carboxylic acids is 1. The molecule has 1 fully saturated rings. The molecule has 1 saturated heterocycles. The van der Waals surface area contributed by atoms with Crippen LogP contribution in [-0.4, -0.2) is 61.2 Å². The number of nitrogens with zero attached hydrogens (tertiary/aromatic N) is 2. The summed E-state index contributed by atoms with van der Waals surface area (Å²) in [5.41, 5.74) is 8.16. The summed E-state index contributed by atoms with van der Waals surface area (Å²) in [6.45, 7) is 2.72. The number of anilines is 1. The van der Waals surface area contributed by atoms with Gasteiger partial charge in [0.1, 0.15) is 5.75 Å². The zero-order chi connectivity index (χ0) is 21.1. The Morgan fingerprint density at radius 3 is 2.50 bits per heavy atom. The molecule has 0 radical (unpaired) electrons. The lowest BCUT2D eigenvalue weighted by Crippen LogP contribution is -2.68. The summed E-state index contributed by atoms with van der Waals surface area (Å²) in [5.74, 6) is 1.07. The first-order valence-electron chi connectivity index (χ1n) is 10.2. The Balaban J connectivity index is 1.51. The van der Waals surface area contributed by atoms with Crippen LogP contribution in [0.2, 0.25) is 0 Å². The third-order valence-electron chi connectivity index (χ3n) is 6.02. The number of hydrogen-bond donors (Lipinski definition) is 2. The zero-order valence-electron chi connectivity index (χ0n) is 17.0. The van der Waals surface area contributed by atoms with E-state index in [2.05, 4.69) is 62.6 Å². The van der Waals surface area contributed by atoms with E-state index in [4.69, 9.17) is 10.5 Å². The van der Waals surface area contributed by atoms with E-state index < -0.39 is 0 Å². The Morgan fingerprint density at radius 2 is 1.83 bits per heavy atom. The first kappa shape index (κ1) is 20.9. The molecule has 3 unspecified atom stereocenters. The van der Waals surface area contributed by atoms with Crippen LogP contribution >= 0.6 is 15.9 Å². The highest BCUT2D eigenvalue weighted by Crippen LogP contribution is 2.41. The quantitative estimate of drug-likeness (QED) is 0.668. The van der Waals surface area contributed by atoms with Crippen molar-refractivity contribution in [1.82, 2.24) is 9.80 Å². The molecule has 6 nitrogen and oxygen atoms in total. The molecule has 0 aliphatic carbocycles. The van der Waals surface area contributed by atoms with Crippen LogP contribution in [0.15, 0.2) is 65.2 Å². The topological polar surface area (TPSA) is 70.8 Å². The molecule has 0 spiro atoms. The van der Waals surface area contributed by atoms with Gasteiger partial charge in [-0.2, -0.15) is 0 Å². The predicted molar refractivity (Wildman–Crippen MR) is 123 cm³/mol. The standard InChI is InChI=1S/C23H27BrN4O2/c1-30-19-10-8-18(9-11-19)26-23(29)27-12-2-3-13-28-20(14-25)22(21(28)15-27)16-4-6-17(24)7-5-16/h2-11,20-22H,12-15,25H2,1H3,(H,26,29). The fourth-order valence-corrected chi connectivity index (χ4v) is 4.72. The minimum absolute atomic E-state index is 0.0996. The molecule has 2 aromatic carbocycles. The Kier molecular flexibility index (Phi) is 6.41. The number of fused-ring (bicyclic) bond motifs is 1. The lowest BCUT2D eigenvalue weighted by Gasteiger charge is -2.56. The first-order chi connectivity index (χ1) is 14.6. The zero-order valence-corrected chi connectivity index (χ0v) is 18.6. The largest absolute Gasteiger partial charge is 0.497 e. The molecule has 0 saturated carbocycles. The third kappa shape index (κ3) is 4.24. The molecule has 2 aromatic rings. The van der Waals surface area contributed by atoms with Crippen LogP contribution in [0, 0.1) is 0 Å². The summed E-state index contributed by atoms with van der Waals surface area (Å²) >= 11 is 3.51. The molecule has 4 rings (SSSR count). The van der Waals surface area contributed by atoms with Gasteiger partial charge in [0, 0.05) is 54.3 Å². The van der Waals surface area contributed by atoms with Crippen LogP contribution in [0.4, 0.5) is 10.5 Å². The van der Waals surface area contributed by atoms with Crippen LogP contribution in [-0.2, 0) is 0 Å². The summed E-state index contributed by atoms with van der Waals surface area (Å²) in [7, 11) is 1.63. The molecule has 3 atom stereocenters. The number of amides is 2. The fraction of sp³-hybridized carbons (Fsp3) is 0.348. The highest BCUT2D eigenvalue weighted by atomic mass is 79.9. The first-order valence-corrected chi connectivity index (χ1v) is 11.0. The lowest BCUT2D eigenvalue weighted by atomic mass is 9.74.